The van der Waals surface area contributed by atoms with Gasteiger partial charge in [-0.2, -0.15) is 0 Å². The average molecular weight is 357 g/mol. The summed E-state index contributed by atoms with van der Waals surface area (Å²) in [5.74, 6) is -1.55. The molecule has 0 bridgehead atoms. The van der Waals surface area contributed by atoms with Crippen molar-refractivity contribution in [2.75, 3.05) is 20.2 Å². The molecule has 1 fully saturated rings. The van der Waals surface area contributed by atoms with Gasteiger partial charge >= 0.3 is 5.97 Å². The van der Waals surface area contributed by atoms with E-state index in [4.69, 9.17) is 9.84 Å². The van der Waals surface area contributed by atoms with E-state index in [1.54, 1.807) is 29.2 Å². The summed E-state index contributed by atoms with van der Waals surface area (Å²) in [5, 5.41) is 9.09. The van der Waals surface area contributed by atoms with Gasteiger partial charge in [0, 0.05) is 13.1 Å². The number of likely N-dealkylation sites (tertiary alicyclic amines) is 1. The highest BCUT2D eigenvalue weighted by molar-refractivity contribution is 5.97. The van der Waals surface area contributed by atoms with E-state index in [2.05, 4.69) is 0 Å². The molecule has 136 valence electrons. The Morgan fingerprint density at radius 3 is 2.77 bits per heavy atom. The summed E-state index contributed by atoms with van der Waals surface area (Å²) in [4.78, 5) is 25.5. The number of benzene rings is 2. The van der Waals surface area contributed by atoms with Crippen LogP contribution in [0.2, 0.25) is 0 Å². The summed E-state index contributed by atoms with van der Waals surface area (Å²) < 4.78 is 18.9. The summed E-state index contributed by atoms with van der Waals surface area (Å²) in [6.45, 7) is 1.14. The van der Waals surface area contributed by atoms with Crippen LogP contribution in [0, 0.1) is 11.7 Å². The summed E-state index contributed by atoms with van der Waals surface area (Å²) in [6.07, 6.45) is 1.52. The normalized spacial score (nSPS) is 16.5. The molecule has 0 spiro atoms. The van der Waals surface area contributed by atoms with E-state index in [-0.39, 0.29) is 28.7 Å². The van der Waals surface area contributed by atoms with Gasteiger partial charge in [-0.05, 0) is 48.6 Å². The first-order valence-electron chi connectivity index (χ1n) is 8.43. The van der Waals surface area contributed by atoms with Crippen molar-refractivity contribution < 1.29 is 23.8 Å². The van der Waals surface area contributed by atoms with Crippen molar-refractivity contribution in [1.29, 1.82) is 0 Å². The van der Waals surface area contributed by atoms with Crippen LogP contribution in [0.5, 0.6) is 5.75 Å². The Morgan fingerprint density at radius 1 is 1.27 bits per heavy atom. The van der Waals surface area contributed by atoms with Gasteiger partial charge in [0.2, 0.25) is 0 Å². The number of carbonyl (C=O) groups is 2. The van der Waals surface area contributed by atoms with Gasteiger partial charge in [-0.3, -0.25) is 4.79 Å². The Kier molecular flexibility index (Phi) is 5.21. The molecular formula is C20H20FNO4. The van der Waals surface area contributed by atoms with Crippen LogP contribution in [-0.2, 0) is 6.42 Å². The number of carbonyl (C=O) groups excluding carboxylic acids is 1. The van der Waals surface area contributed by atoms with Gasteiger partial charge in [-0.1, -0.05) is 18.2 Å². The van der Waals surface area contributed by atoms with Crippen LogP contribution in [0.1, 0.15) is 32.7 Å². The maximum Gasteiger partial charge on any atom is 0.335 e. The Hall–Kier alpha value is -2.89. The molecule has 1 amide bonds. The van der Waals surface area contributed by atoms with Crippen molar-refractivity contribution in [1.82, 2.24) is 4.90 Å². The molecule has 1 saturated heterocycles. The van der Waals surface area contributed by atoms with Crippen molar-refractivity contribution in [3.05, 3.63) is 65.0 Å². The highest BCUT2D eigenvalue weighted by Crippen LogP contribution is 2.27. The molecule has 5 nitrogen and oxygen atoms in total. The fourth-order valence-electron chi connectivity index (χ4n) is 3.40. The van der Waals surface area contributed by atoms with E-state index in [1.807, 2.05) is 6.07 Å². The second kappa shape index (κ2) is 7.56. The van der Waals surface area contributed by atoms with Gasteiger partial charge in [0.25, 0.3) is 5.91 Å². The topological polar surface area (TPSA) is 66.8 Å². The minimum atomic E-state index is -0.951. The fraction of sp³-hybridized carbons (Fsp3) is 0.300. The van der Waals surface area contributed by atoms with Gasteiger partial charge in [-0.15, -0.1) is 0 Å². The van der Waals surface area contributed by atoms with Crippen LogP contribution in [0.3, 0.4) is 0 Å². The number of hydrogen-bond donors (Lipinski definition) is 1. The number of methoxy groups -OCH3 is 1. The Bertz CT molecular complexity index is 836. The molecule has 1 aliphatic heterocycles. The molecule has 2 aromatic carbocycles. The lowest BCUT2D eigenvalue weighted by atomic mass is 9.97. The smallest absolute Gasteiger partial charge is 0.335 e. The highest BCUT2D eigenvalue weighted by atomic mass is 19.1. The third kappa shape index (κ3) is 3.69. The minimum absolute atomic E-state index is 0.0323. The molecule has 0 aromatic heterocycles. The molecule has 3 rings (SSSR count). The minimum Gasteiger partial charge on any atom is -0.493 e. The predicted octanol–water partition coefficient (Wildman–Crippen LogP) is 3.24. The first-order chi connectivity index (χ1) is 12.5. The summed E-state index contributed by atoms with van der Waals surface area (Å²) in [7, 11) is 1.34. The van der Waals surface area contributed by atoms with Crippen molar-refractivity contribution in [2.24, 2.45) is 5.92 Å². The lowest BCUT2D eigenvalue weighted by molar-refractivity contribution is 0.0696. The highest BCUT2D eigenvalue weighted by Gasteiger charge is 2.29. The first-order valence-corrected chi connectivity index (χ1v) is 8.43. The van der Waals surface area contributed by atoms with Crippen LogP contribution in [-0.4, -0.2) is 42.1 Å². The molecule has 1 N–H and O–H groups in total. The zero-order chi connectivity index (χ0) is 18.7. The monoisotopic (exact) mass is 357 g/mol. The number of hydrogen-bond acceptors (Lipinski definition) is 3. The first kappa shape index (κ1) is 17.9. The van der Waals surface area contributed by atoms with Gasteiger partial charge in [0.05, 0.1) is 18.2 Å². The largest absolute Gasteiger partial charge is 0.493 e. The molecule has 0 saturated carbocycles. The maximum atomic E-state index is 13.8. The van der Waals surface area contributed by atoms with Crippen LogP contribution in [0.25, 0.3) is 0 Å². The second-order valence-electron chi connectivity index (χ2n) is 6.44. The van der Waals surface area contributed by atoms with E-state index in [0.29, 0.717) is 19.5 Å². The molecule has 26 heavy (non-hydrogen) atoms. The number of halogens is 1. The molecule has 2 aromatic rings. The standard InChI is InChI=1S/C20H20FNO4/c1-26-18-16(6-3-7-17(18)21)19(23)22-9-8-14(12-22)10-13-4-2-5-15(11-13)20(24)25/h2-7,11,14H,8-10,12H2,1H3,(H,24,25). The molecule has 1 atom stereocenters. The Labute approximate surface area is 151 Å². The molecule has 0 aliphatic carbocycles. The number of aromatic carboxylic acids is 1. The van der Waals surface area contributed by atoms with Crippen LogP contribution in [0.4, 0.5) is 4.39 Å². The van der Waals surface area contributed by atoms with Gasteiger partial charge in [0.1, 0.15) is 0 Å². The molecule has 1 heterocycles. The molecule has 1 aliphatic rings. The number of ether oxygens (including phenoxy) is 1. The number of para-hydroxylation sites is 1. The summed E-state index contributed by atoms with van der Waals surface area (Å²) in [6, 6.07) is 11.2. The van der Waals surface area contributed by atoms with E-state index in [1.165, 1.54) is 19.2 Å². The van der Waals surface area contributed by atoms with Crippen LogP contribution >= 0.6 is 0 Å². The number of rotatable bonds is 5. The predicted molar refractivity (Wildman–Crippen MR) is 94.1 cm³/mol. The Balaban J connectivity index is 1.69. The van der Waals surface area contributed by atoms with E-state index in [9.17, 15) is 14.0 Å². The molecule has 1 unspecified atom stereocenters. The number of nitrogens with zero attached hydrogens (tertiary/aromatic N) is 1. The van der Waals surface area contributed by atoms with E-state index < -0.39 is 11.8 Å². The van der Waals surface area contributed by atoms with Crippen molar-refractivity contribution in [2.45, 2.75) is 12.8 Å². The molecule has 6 heteroatoms. The van der Waals surface area contributed by atoms with Gasteiger partial charge < -0.3 is 14.7 Å². The molecule has 0 radical (unpaired) electrons. The number of carboxylic acid groups (broad SMARTS) is 1. The Morgan fingerprint density at radius 2 is 2.04 bits per heavy atom. The summed E-state index contributed by atoms with van der Waals surface area (Å²) in [5.41, 5.74) is 1.42. The van der Waals surface area contributed by atoms with Crippen molar-refractivity contribution in [3.63, 3.8) is 0 Å². The zero-order valence-electron chi connectivity index (χ0n) is 14.4. The zero-order valence-corrected chi connectivity index (χ0v) is 14.4. The second-order valence-corrected chi connectivity index (χ2v) is 6.44. The van der Waals surface area contributed by atoms with Gasteiger partial charge in [0.15, 0.2) is 11.6 Å². The lowest BCUT2D eigenvalue weighted by Crippen LogP contribution is -2.29. The number of carboxylic acids is 1. The average Bonchev–Trinajstić information content (AvgIpc) is 3.09. The van der Waals surface area contributed by atoms with Crippen LogP contribution in [0.15, 0.2) is 42.5 Å². The third-order valence-corrected chi connectivity index (χ3v) is 4.67. The van der Waals surface area contributed by atoms with Crippen molar-refractivity contribution >= 4 is 11.9 Å². The van der Waals surface area contributed by atoms with Gasteiger partial charge in [-0.25, -0.2) is 9.18 Å². The quantitative estimate of drug-likeness (QED) is 0.892. The molecular weight excluding hydrogens is 337 g/mol. The lowest BCUT2D eigenvalue weighted by Gasteiger charge is -2.18. The SMILES string of the molecule is COc1c(F)cccc1C(=O)N1CCC(Cc2cccc(C(=O)O)c2)C1. The van der Waals surface area contributed by atoms with E-state index >= 15 is 0 Å². The fourth-order valence-corrected chi connectivity index (χ4v) is 3.40. The third-order valence-electron chi connectivity index (χ3n) is 4.67. The summed E-state index contributed by atoms with van der Waals surface area (Å²) >= 11 is 0. The van der Waals surface area contributed by atoms with E-state index in [0.717, 1.165) is 12.0 Å². The maximum absolute atomic E-state index is 13.8. The van der Waals surface area contributed by atoms with Crippen molar-refractivity contribution in [3.8, 4) is 5.75 Å². The van der Waals surface area contributed by atoms with Crippen LogP contribution < -0.4 is 4.74 Å². The number of amides is 1.